The van der Waals surface area contributed by atoms with Crippen LogP contribution in [-0.4, -0.2) is 11.9 Å². The van der Waals surface area contributed by atoms with E-state index in [1.807, 2.05) is 0 Å². The molecule has 1 aromatic rings. The Balaban J connectivity index is 2.35. The van der Waals surface area contributed by atoms with E-state index in [4.69, 9.17) is 0 Å². The van der Waals surface area contributed by atoms with Crippen LogP contribution in [0.25, 0.3) is 0 Å². The zero-order chi connectivity index (χ0) is 8.55. The van der Waals surface area contributed by atoms with E-state index in [1.54, 1.807) is 0 Å². The first-order chi connectivity index (χ1) is 5.79. The molecule has 0 saturated carbocycles. The Kier molecular flexibility index (Phi) is 1.98. The van der Waals surface area contributed by atoms with E-state index >= 15 is 0 Å². The molecule has 0 aliphatic carbocycles. The molecule has 2 nitrogen and oxygen atoms in total. The van der Waals surface area contributed by atoms with Gasteiger partial charge in [-0.3, -0.25) is 4.90 Å². The summed E-state index contributed by atoms with van der Waals surface area (Å²) >= 11 is 4.01. The number of rotatable bonds is 1. The van der Waals surface area contributed by atoms with Crippen molar-refractivity contribution in [2.75, 3.05) is 11.8 Å². The molecule has 0 unspecified atom stereocenters. The average Bonchev–Trinajstić information content (AvgIpc) is 2.43. The summed E-state index contributed by atoms with van der Waals surface area (Å²) in [4.78, 5) is 2.30. The standard InChI is InChI=1S/C9H12N2S/c1-11-5-7-2-3-9(10-12)4-8(7)6-11/h2-4,10,12H,5-6H2,1H3. The van der Waals surface area contributed by atoms with Crippen molar-refractivity contribution in [3.8, 4) is 0 Å². The molecule has 1 N–H and O–H groups in total. The Hall–Kier alpha value is -0.670. The molecule has 0 radical (unpaired) electrons. The van der Waals surface area contributed by atoms with Gasteiger partial charge in [-0.05, 0) is 30.3 Å². The van der Waals surface area contributed by atoms with Crippen LogP contribution >= 0.6 is 12.8 Å². The highest BCUT2D eigenvalue weighted by Crippen LogP contribution is 2.24. The number of thiol groups is 1. The van der Waals surface area contributed by atoms with Gasteiger partial charge in [0, 0.05) is 18.8 Å². The van der Waals surface area contributed by atoms with Gasteiger partial charge in [-0.25, -0.2) is 0 Å². The highest BCUT2D eigenvalue weighted by molar-refractivity contribution is 7.81. The van der Waals surface area contributed by atoms with Crippen LogP contribution < -0.4 is 4.72 Å². The predicted octanol–water partition coefficient (Wildman–Crippen LogP) is 1.89. The van der Waals surface area contributed by atoms with Gasteiger partial charge in [-0.15, -0.1) is 0 Å². The Morgan fingerprint density at radius 3 is 2.83 bits per heavy atom. The minimum atomic E-state index is 1.05. The Bertz CT molecular complexity index is 299. The largest absolute Gasteiger partial charge is 0.332 e. The maximum atomic E-state index is 4.01. The minimum absolute atomic E-state index is 1.05. The normalized spacial score (nSPS) is 16.2. The minimum Gasteiger partial charge on any atom is -0.332 e. The van der Waals surface area contributed by atoms with E-state index in [9.17, 15) is 0 Å². The lowest BCUT2D eigenvalue weighted by atomic mass is 10.1. The fourth-order valence-electron chi connectivity index (χ4n) is 1.63. The first kappa shape index (κ1) is 7.95. The number of anilines is 1. The summed E-state index contributed by atoms with van der Waals surface area (Å²) in [6.45, 7) is 2.13. The molecular weight excluding hydrogens is 168 g/mol. The highest BCUT2D eigenvalue weighted by Gasteiger charge is 2.14. The van der Waals surface area contributed by atoms with Gasteiger partial charge in [-0.1, -0.05) is 18.9 Å². The molecule has 2 rings (SSSR count). The first-order valence-corrected chi connectivity index (χ1v) is 4.45. The molecule has 1 aliphatic heterocycles. The fourth-order valence-corrected chi connectivity index (χ4v) is 1.77. The second-order valence-corrected chi connectivity index (χ2v) is 3.49. The lowest BCUT2D eigenvalue weighted by Gasteiger charge is -2.02. The van der Waals surface area contributed by atoms with Crippen molar-refractivity contribution in [1.82, 2.24) is 4.90 Å². The number of nitrogens with zero attached hydrogens (tertiary/aromatic N) is 1. The molecule has 1 aliphatic rings. The van der Waals surface area contributed by atoms with Gasteiger partial charge in [0.05, 0.1) is 0 Å². The summed E-state index contributed by atoms with van der Waals surface area (Å²) in [6.07, 6.45) is 0. The summed E-state index contributed by atoms with van der Waals surface area (Å²) in [6, 6.07) is 6.38. The van der Waals surface area contributed by atoms with Gasteiger partial charge < -0.3 is 4.72 Å². The molecule has 0 saturated heterocycles. The van der Waals surface area contributed by atoms with Crippen LogP contribution in [-0.2, 0) is 13.1 Å². The van der Waals surface area contributed by atoms with Crippen LogP contribution in [0.3, 0.4) is 0 Å². The van der Waals surface area contributed by atoms with Gasteiger partial charge in [0.15, 0.2) is 0 Å². The average molecular weight is 180 g/mol. The summed E-state index contributed by atoms with van der Waals surface area (Å²) in [5.41, 5.74) is 3.92. The SMILES string of the molecule is CN1Cc2ccc(NS)cc2C1. The van der Waals surface area contributed by atoms with Crippen LogP contribution in [0.1, 0.15) is 11.1 Å². The quantitative estimate of drug-likeness (QED) is 0.642. The molecule has 64 valence electrons. The Morgan fingerprint density at radius 2 is 2.08 bits per heavy atom. The third kappa shape index (κ3) is 1.30. The molecule has 0 atom stereocenters. The number of hydrogen-bond acceptors (Lipinski definition) is 3. The monoisotopic (exact) mass is 180 g/mol. The van der Waals surface area contributed by atoms with E-state index in [0.717, 1.165) is 18.8 Å². The maximum absolute atomic E-state index is 4.01. The van der Waals surface area contributed by atoms with Gasteiger partial charge in [0.2, 0.25) is 0 Å². The molecule has 0 amide bonds. The Morgan fingerprint density at radius 1 is 1.33 bits per heavy atom. The van der Waals surface area contributed by atoms with Crippen molar-refractivity contribution in [2.45, 2.75) is 13.1 Å². The van der Waals surface area contributed by atoms with Crippen LogP contribution in [0.5, 0.6) is 0 Å². The van der Waals surface area contributed by atoms with Crippen LogP contribution in [0, 0.1) is 0 Å². The van der Waals surface area contributed by atoms with Crippen LogP contribution in [0.15, 0.2) is 18.2 Å². The third-order valence-corrected chi connectivity index (χ3v) is 2.47. The van der Waals surface area contributed by atoms with Gasteiger partial charge in [0.25, 0.3) is 0 Å². The maximum Gasteiger partial charge on any atom is 0.0441 e. The first-order valence-electron chi connectivity index (χ1n) is 4.00. The van der Waals surface area contributed by atoms with E-state index in [-0.39, 0.29) is 0 Å². The van der Waals surface area contributed by atoms with Crippen molar-refractivity contribution in [3.05, 3.63) is 29.3 Å². The summed E-state index contributed by atoms with van der Waals surface area (Å²) < 4.78 is 2.85. The molecule has 1 heterocycles. The molecule has 0 spiro atoms. The van der Waals surface area contributed by atoms with Crippen molar-refractivity contribution in [2.24, 2.45) is 0 Å². The van der Waals surface area contributed by atoms with E-state index < -0.39 is 0 Å². The third-order valence-electron chi connectivity index (χ3n) is 2.22. The zero-order valence-corrected chi connectivity index (χ0v) is 7.94. The lowest BCUT2D eigenvalue weighted by molar-refractivity contribution is 0.353. The van der Waals surface area contributed by atoms with Gasteiger partial charge >= 0.3 is 0 Å². The molecule has 1 aromatic carbocycles. The highest BCUT2D eigenvalue weighted by atomic mass is 32.1. The summed E-state index contributed by atoms with van der Waals surface area (Å²) in [5.74, 6) is 0. The van der Waals surface area contributed by atoms with E-state index in [2.05, 4.69) is 47.7 Å². The van der Waals surface area contributed by atoms with Gasteiger partial charge in [0.1, 0.15) is 0 Å². The summed E-state index contributed by atoms with van der Waals surface area (Å²) in [5, 5.41) is 0. The predicted molar refractivity (Wildman–Crippen MR) is 54.2 cm³/mol. The second kappa shape index (κ2) is 2.99. The van der Waals surface area contributed by atoms with Crippen molar-refractivity contribution >= 4 is 18.5 Å². The molecule has 0 fully saturated rings. The number of hydrogen-bond donors (Lipinski definition) is 2. The number of benzene rings is 1. The van der Waals surface area contributed by atoms with Gasteiger partial charge in [-0.2, -0.15) is 0 Å². The fraction of sp³-hybridized carbons (Fsp3) is 0.333. The second-order valence-electron chi connectivity index (χ2n) is 3.27. The molecule has 3 heteroatoms. The molecule has 0 aromatic heterocycles. The smallest absolute Gasteiger partial charge is 0.0441 e. The topological polar surface area (TPSA) is 15.3 Å². The number of fused-ring (bicyclic) bond motifs is 1. The molecular formula is C9H12N2S. The lowest BCUT2D eigenvalue weighted by Crippen LogP contribution is -2.07. The summed E-state index contributed by atoms with van der Waals surface area (Å²) in [7, 11) is 2.13. The van der Waals surface area contributed by atoms with E-state index in [1.165, 1.54) is 11.1 Å². The zero-order valence-electron chi connectivity index (χ0n) is 7.04. The van der Waals surface area contributed by atoms with Crippen molar-refractivity contribution < 1.29 is 0 Å². The Labute approximate surface area is 78.1 Å². The van der Waals surface area contributed by atoms with Crippen molar-refractivity contribution in [1.29, 1.82) is 0 Å². The number of nitrogens with one attached hydrogen (secondary N) is 1. The molecule has 0 bridgehead atoms. The van der Waals surface area contributed by atoms with E-state index in [0.29, 0.717) is 0 Å². The molecule has 12 heavy (non-hydrogen) atoms. The van der Waals surface area contributed by atoms with Crippen molar-refractivity contribution in [3.63, 3.8) is 0 Å². The van der Waals surface area contributed by atoms with Crippen LogP contribution in [0.2, 0.25) is 0 Å². The van der Waals surface area contributed by atoms with Crippen LogP contribution in [0.4, 0.5) is 5.69 Å².